The molecular formula is C18H14N4O6S. The van der Waals surface area contributed by atoms with E-state index in [1.165, 1.54) is 12.1 Å². The summed E-state index contributed by atoms with van der Waals surface area (Å²) in [7, 11) is 0. The van der Waals surface area contributed by atoms with E-state index in [0.29, 0.717) is 17.1 Å². The number of anilines is 1. The van der Waals surface area contributed by atoms with Crippen LogP contribution in [0.2, 0.25) is 0 Å². The first kappa shape index (κ1) is 18.7. The number of aryl methyl sites for hydroxylation is 1. The minimum atomic E-state index is -0.536. The Bertz CT molecular complexity index is 1100. The fourth-order valence-corrected chi connectivity index (χ4v) is 3.19. The average Bonchev–Trinajstić information content (AvgIpc) is 3.36. The van der Waals surface area contributed by atoms with Gasteiger partial charge < -0.3 is 19.2 Å². The standard InChI is InChI=1S/C18H14N4O6S/c1-10-2-4-12(13(6-10)22(24)25)19-16(23)8-29-18-21-20-17(28-18)11-3-5-14-15(7-11)27-9-26-14/h2-7H,8-9H2,1H3,(H,19,23). The van der Waals surface area contributed by atoms with Crippen molar-refractivity contribution in [3.63, 3.8) is 0 Å². The third kappa shape index (κ3) is 4.14. The van der Waals surface area contributed by atoms with Crippen LogP contribution in [0.4, 0.5) is 11.4 Å². The maximum absolute atomic E-state index is 12.2. The van der Waals surface area contributed by atoms with Crippen molar-refractivity contribution in [3.8, 4) is 23.0 Å². The number of aromatic nitrogens is 2. The van der Waals surface area contributed by atoms with Crippen molar-refractivity contribution in [2.45, 2.75) is 12.1 Å². The number of fused-ring (bicyclic) bond motifs is 1. The third-order valence-electron chi connectivity index (χ3n) is 3.98. The molecule has 0 saturated heterocycles. The molecule has 1 aliphatic rings. The van der Waals surface area contributed by atoms with Crippen molar-refractivity contribution in [3.05, 3.63) is 52.1 Å². The fourth-order valence-electron chi connectivity index (χ4n) is 2.63. The van der Waals surface area contributed by atoms with Gasteiger partial charge in [0.1, 0.15) is 5.69 Å². The van der Waals surface area contributed by atoms with E-state index in [9.17, 15) is 14.9 Å². The summed E-state index contributed by atoms with van der Waals surface area (Å²) >= 11 is 1.03. The van der Waals surface area contributed by atoms with Crippen molar-refractivity contribution >= 4 is 29.0 Å². The zero-order valence-corrected chi connectivity index (χ0v) is 15.9. The van der Waals surface area contributed by atoms with E-state index in [4.69, 9.17) is 13.9 Å². The average molecular weight is 414 g/mol. The molecule has 0 bridgehead atoms. The molecule has 4 rings (SSSR count). The number of hydrogen-bond acceptors (Lipinski definition) is 9. The van der Waals surface area contributed by atoms with E-state index in [1.807, 2.05) is 0 Å². The number of ether oxygens (including phenoxy) is 2. The number of nitrogens with zero attached hydrogens (tertiary/aromatic N) is 3. The number of thioether (sulfide) groups is 1. The van der Waals surface area contributed by atoms with E-state index in [1.54, 1.807) is 31.2 Å². The van der Waals surface area contributed by atoms with E-state index in [-0.39, 0.29) is 35.0 Å². The third-order valence-corrected chi connectivity index (χ3v) is 4.80. The van der Waals surface area contributed by atoms with Crippen molar-refractivity contribution in [1.29, 1.82) is 0 Å². The van der Waals surface area contributed by atoms with Crippen molar-refractivity contribution in [1.82, 2.24) is 10.2 Å². The van der Waals surface area contributed by atoms with Crippen LogP contribution in [0.1, 0.15) is 5.56 Å². The van der Waals surface area contributed by atoms with Gasteiger partial charge in [0.05, 0.1) is 10.7 Å². The maximum atomic E-state index is 12.2. The zero-order chi connectivity index (χ0) is 20.4. The molecular weight excluding hydrogens is 400 g/mol. The van der Waals surface area contributed by atoms with Gasteiger partial charge in [0, 0.05) is 11.6 Å². The predicted octanol–water partition coefficient (Wildman–Crippen LogP) is 3.41. The summed E-state index contributed by atoms with van der Waals surface area (Å²) in [5.41, 5.74) is 1.36. The molecule has 10 nitrogen and oxygen atoms in total. The lowest BCUT2D eigenvalue weighted by molar-refractivity contribution is -0.384. The van der Waals surface area contributed by atoms with Crippen LogP contribution in [0.15, 0.2) is 46.0 Å². The van der Waals surface area contributed by atoms with Crippen LogP contribution >= 0.6 is 11.8 Å². The quantitative estimate of drug-likeness (QED) is 0.366. The van der Waals surface area contributed by atoms with Gasteiger partial charge in [-0.15, -0.1) is 10.2 Å². The van der Waals surface area contributed by atoms with E-state index >= 15 is 0 Å². The Labute approximate surface area is 168 Å². The van der Waals surface area contributed by atoms with Crippen LogP contribution < -0.4 is 14.8 Å². The Morgan fingerprint density at radius 1 is 1.21 bits per heavy atom. The second-order valence-electron chi connectivity index (χ2n) is 6.06. The first-order valence-corrected chi connectivity index (χ1v) is 9.39. The first-order valence-electron chi connectivity index (χ1n) is 8.41. The number of carbonyl (C=O) groups is 1. The van der Waals surface area contributed by atoms with Gasteiger partial charge in [0.2, 0.25) is 18.6 Å². The van der Waals surface area contributed by atoms with Gasteiger partial charge in [-0.2, -0.15) is 0 Å². The second kappa shape index (κ2) is 7.80. The normalized spacial score (nSPS) is 12.0. The SMILES string of the molecule is Cc1ccc(NC(=O)CSc2nnc(-c3ccc4c(c3)OCO4)o2)c([N+](=O)[O-])c1. The molecule has 1 aliphatic heterocycles. The molecule has 0 aliphatic carbocycles. The molecule has 0 fully saturated rings. The van der Waals surface area contributed by atoms with Crippen LogP contribution in [0, 0.1) is 17.0 Å². The summed E-state index contributed by atoms with van der Waals surface area (Å²) in [6, 6.07) is 9.83. The van der Waals surface area contributed by atoms with Gasteiger partial charge in [-0.3, -0.25) is 14.9 Å². The fraction of sp³-hybridized carbons (Fsp3) is 0.167. The predicted molar refractivity (Wildman–Crippen MR) is 103 cm³/mol. The van der Waals surface area contributed by atoms with Gasteiger partial charge in [0.25, 0.3) is 10.9 Å². The van der Waals surface area contributed by atoms with Crippen LogP contribution in [0.25, 0.3) is 11.5 Å². The number of rotatable bonds is 6. The Hall–Kier alpha value is -3.60. The lowest BCUT2D eigenvalue weighted by Crippen LogP contribution is -2.15. The number of nitro groups is 1. The van der Waals surface area contributed by atoms with Gasteiger partial charge in [-0.25, -0.2) is 0 Å². The van der Waals surface area contributed by atoms with Crippen molar-refractivity contribution in [2.75, 3.05) is 17.9 Å². The smallest absolute Gasteiger partial charge is 0.293 e. The summed E-state index contributed by atoms with van der Waals surface area (Å²) in [6.07, 6.45) is 0. The molecule has 3 aromatic rings. The Balaban J connectivity index is 1.39. The number of nitrogens with one attached hydrogen (secondary N) is 1. The van der Waals surface area contributed by atoms with Gasteiger partial charge in [0.15, 0.2) is 11.5 Å². The molecule has 11 heteroatoms. The molecule has 0 saturated carbocycles. The monoisotopic (exact) mass is 414 g/mol. The molecule has 0 spiro atoms. The molecule has 0 unspecified atom stereocenters. The summed E-state index contributed by atoms with van der Waals surface area (Å²) < 4.78 is 16.1. The highest BCUT2D eigenvalue weighted by molar-refractivity contribution is 7.99. The molecule has 2 heterocycles. The van der Waals surface area contributed by atoms with Gasteiger partial charge >= 0.3 is 0 Å². The van der Waals surface area contributed by atoms with Gasteiger partial charge in [-0.1, -0.05) is 17.8 Å². The second-order valence-corrected chi connectivity index (χ2v) is 6.98. The minimum Gasteiger partial charge on any atom is -0.454 e. The molecule has 2 aromatic carbocycles. The summed E-state index contributed by atoms with van der Waals surface area (Å²) in [5, 5.41) is 21.8. The zero-order valence-electron chi connectivity index (χ0n) is 15.1. The van der Waals surface area contributed by atoms with Crippen LogP contribution in [0.3, 0.4) is 0 Å². The molecule has 1 N–H and O–H groups in total. The minimum absolute atomic E-state index is 0.0478. The lowest BCUT2D eigenvalue weighted by atomic mass is 10.2. The largest absolute Gasteiger partial charge is 0.454 e. The molecule has 29 heavy (non-hydrogen) atoms. The van der Waals surface area contributed by atoms with E-state index in [0.717, 1.165) is 17.3 Å². The molecule has 1 aromatic heterocycles. The van der Waals surface area contributed by atoms with Crippen LogP contribution in [-0.4, -0.2) is 33.6 Å². The Morgan fingerprint density at radius 2 is 2.03 bits per heavy atom. The summed E-state index contributed by atoms with van der Waals surface area (Å²) in [4.78, 5) is 22.8. The van der Waals surface area contributed by atoms with Crippen molar-refractivity contribution < 1.29 is 23.6 Å². The molecule has 148 valence electrons. The lowest BCUT2D eigenvalue weighted by Gasteiger charge is -2.05. The molecule has 0 radical (unpaired) electrons. The first-order chi connectivity index (χ1) is 14.0. The van der Waals surface area contributed by atoms with Gasteiger partial charge in [-0.05, 0) is 36.8 Å². The summed E-state index contributed by atoms with van der Waals surface area (Å²) in [6.45, 7) is 1.90. The highest BCUT2D eigenvalue weighted by Gasteiger charge is 2.19. The highest BCUT2D eigenvalue weighted by atomic mass is 32.2. The maximum Gasteiger partial charge on any atom is 0.293 e. The van der Waals surface area contributed by atoms with Crippen molar-refractivity contribution in [2.24, 2.45) is 0 Å². The Kier molecular flexibility index (Phi) is 5.04. The number of amides is 1. The summed E-state index contributed by atoms with van der Waals surface area (Å²) in [5.74, 6) is 1.04. The number of hydrogen-bond donors (Lipinski definition) is 1. The molecule has 1 amide bonds. The van der Waals surface area contributed by atoms with Crippen LogP contribution in [0.5, 0.6) is 11.5 Å². The van der Waals surface area contributed by atoms with E-state index in [2.05, 4.69) is 15.5 Å². The van der Waals surface area contributed by atoms with Crippen LogP contribution in [-0.2, 0) is 4.79 Å². The number of nitro benzene ring substituents is 1. The topological polar surface area (TPSA) is 130 Å². The highest BCUT2D eigenvalue weighted by Crippen LogP contribution is 2.36. The number of benzene rings is 2. The van der Waals surface area contributed by atoms with E-state index < -0.39 is 10.8 Å². The number of carbonyl (C=O) groups excluding carboxylic acids is 1. The molecule has 0 atom stereocenters. The Morgan fingerprint density at radius 3 is 2.86 bits per heavy atom.